The molecule has 20 heavy (non-hydrogen) atoms. The maximum Gasteiger partial charge on any atom is 0.252 e. The van der Waals surface area contributed by atoms with Crippen LogP contribution in [0.2, 0.25) is 0 Å². The summed E-state index contributed by atoms with van der Waals surface area (Å²) in [6.45, 7) is 8.19. The fourth-order valence-corrected chi connectivity index (χ4v) is 2.49. The van der Waals surface area contributed by atoms with Gasteiger partial charge < -0.3 is 10.2 Å². The first-order chi connectivity index (χ1) is 9.66. The fourth-order valence-electron chi connectivity index (χ4n) is 2.49. The molecular formula is C16H25N3O. The first-order valence-electron chi connectivity index (χ1n) is 7.63. The van der Waals surface area contributed by atoms with Crippen LogP contribution in [0.15, 0.2) is 18.3 Å². The van der Waals surface area contributed by atoms with Gasteiger partial charge in [0.05, 0.1) is 5.56 Å². The Bertz CT molecular complexity index is 422. The van der Waals surface area contributed by atoms with E-state index in [1.165, 1.54) is 32.4 Å². The van der Waals surface area contributed by atoms with Crippen molar-refractivity contribution in [2.45, 2.75) is 39.0 Å². The van der Waals surface area contributed by atoms with Gasteiger partial charge in [-0.1, -0.05) is 20.3 Å². The van der Waals surface area contributed by atoms with E-state index in [4.69, 9.17) is 0 Å². The van der Waals surface area contributed by atoms with E-state index in [0.29, 0.717) is 18.0 Å². The summed E-state index contributed by atoms with van der Waals surface area (Å²) in [7, 11) is 0. The fraction of sp³-hybridized carbons (Fsp3) is 0.625. The molecule has 0 unspecified atom stereocenters. The lowest BCUT2D eigenvalue weighted by molar-refractivity contribution is 0.0946. The molecule has 0 saturated carbocycles. The van der Waals surface area contributed by atoms with E-state index in [1.807, 2.05) is 12.1 Å². The van der Waals surface area contributed by atoms with Gasteiger partial charge in [-0.05, 0) is 44.0 Å². The topological polar surface area (TPSA) is 45.2 Å². The standard InChI is InChI=1S/C16H25N3O/c1-13(2)15-7-6-14(12-18-15)16(20)17-8-11-19-9-4-3-5-10-19/h6-7,12-13H,3-5,8-11H2,1-2H3,(H,17,20). The van der Waals surface area contributed by atoms with Crippen molar-refractivity contribution in [1.29, 1.82) is 0 Å². The minimum Gasteiger partial charge on any atom is -0.351 e. The summed E-state index contributed by atoms with van der Waals surface area (Å²) in [6.07, 6.45) is 5.59. The molecule has 2 heterocycles. The van der Waals surface area contributed by atoms with E-state index in [2.05, 4.69) is 29.0 Å². The van der Waals surface area contributed by atoms with Crippen LogP contribution in [0.1, 0.15) is 55.1 Å². The Hall–Kier alpha value is -1.42. The van der Waals surface area contributed by atoms with Gasteiger partial charge in [0.25, 0.3) is 5.91 Å². The highest BCUT2D eigenvalue weighted by Gasteiger charge is 2.11. The van der Waals surface area contributed by atoms with Crippen LogP contribution in [-0.4, -0.2) is 42.0 Å². The molecule has 1 aliphatic rings. The molecule has 0 spiro atoms. The van der Waals surface area contributed by atoms with Gasteiger partial charge >= 0.3 is 0 Å². The number of carbonyl (C=O) groups is 1. The van der Waals surface area contributed by atoms with E-state index in [-0.39, 0.29) is 5.91 Å². The SMILES string of the molecule is CC(C)c1ccc(C(=O)NCCN2CCCCC2)cn1. The summed E-state index contributed by atoms with van der Waals surface area (Å²) in [4.78, 5) is 18.7. The molecule has 0 atom stereocenters. The van der Waals surface area contributed by atoms with E-state index < -0.39 is 0 Å². The number of amides is 1. The van der Waals surface area contributed by atoms with Crippen LogP contribution in [0, 0.1) is 0 Å². The third-order valence-corrected chi connectivity index (χ3v) is 3.80. The quantitative estimate of drug-likeness (QED) is 0.897. The zero-order valence-corrected chi connectivity index (χ0v) is 12.6. The first-order valence-corrected chi connectivity index (χ1v) is 7.63. The molecule has 4 nitrogen and oxygen atoms in total. The number of piperidine rings is 1. The van der Waals surface area contributed by atoms with Crippen LogP contribution in [0.4, 0.5) is 0 Å². The lowest BCUT2D eigenvalue weighted by atomic mass is 10.1. The van der Waals surface area contributed by atoms with Gasteiger partial charge in [-0.25, -0.2) is 0 Å². The molecule has 110 valence electrons. The third-order valence-electron chi connectivity index (χ3n) is 3.80. The molecule has 1 fully saturated rings. The normalized spacial score (nSPS) is 16.4. The van der Waals surface area contributed by atoms with Crippen LogP contribution in [0.25, 0.3) is 0 Å². The molecule has 1 N–H and O–H groups in total. The summed E-state index contributed by atoms with van der Waals surface area (Å²) in [6, 6.07) is 3.79. The van der Waals surface area contributed by atoms with Crippen LogP contribution in [0.3, 0.4) is 0 Å². The number of nitrogens with zero attached hydrogens (tertiary/aromatic N) is 2. The molecule has 0 aromatic carbocycles. The second-order valence-electron chi connectivity index (χ2n) is 5.78. The summed E-state index contributed by atoms with van der Waals surface area (Å²) in [5.41, 5.74) is 1.67. The minimum absolute atomic E-state index is 0.0233. The number of aromatic nitrogens is 1. The van der Waals surface area contributed by atoms with Crippen LogP contribution >= 0.6 is 0 Å². The molecule has 2 rings (SSSR count). The number of nitrogens with one attached hydrogen (secondary N) is 1. The van der Waals surface area contributed by atoms with Gasteiger partial charge in [-0.3, -0.25) is 9.78 Å². The van der Waals surface area contributed by atoms with Crippen molar-refractivity contribution in [3.63, 3.8) is 0 Å². The van der Waals surface area contributed by atoms with Crippen molar-refractivity contribution < 1.29 is 4.79 Å². The number of rotatable bonds is 5. The zero-order valence-electron chi connectivity index (χ0n) is 12.6. The summed E-state index contributed by atoms with van der Waals surface area (Å²) < 4.78 is 0. The van der Waals surface area contributed by atoms with Gasteiger partial charge in [0.15, 0.2) is 0 Å². The third kappa shape index (κ3) is 4.30. The first kappa shape index (κ1) is 15.0. The lowest BCUT2D eigenvalue weighted by Crippen LogP contribution is -2.37. The predicted molar refractivity (Wildman–Crippen MR) is 81.0 cm³/mol. The Morgan fingerprint density at radius 3 is 2.65 bits per heavy atom. The van der Waals surface area contributed by atoms with Crippen LogP contribution in [-0.2, 0) is 0 Å². The van der Waals surface area contributed by atoms with Crippen LogP contribution < -0.4 is 5.32 Å². The van der Waals surface area contributed by atoms with Crippen molar-refractivity contribution in [2.24, 2.45) is 0 Å². The highest BCUT2D eigenvalue weighted by Crippen LogP contribution is 2.11. The molecule has 1 aromatic heterocycles. The van der Waals surface area contributed by atoms with E-state index >= 15 is 0 Å². The van der Waals surface area contributed by atoms with Crippen molar-refractivity contribution in [1.82, 2.24) is 15.2 Å². The average Bonchev–Trinajstić information content (AvgIpc) is 2.48. The van der Waals surface area contributed by atoms with E-state index in [0.717, 1.165) is 12.2 Å². The highest BCUT2D eigenvalue weighted by molar-refractivity contribution is 5.93. The largest absolute Gasteiger partial charge is 0.351 e. The Labute approximate surface area is 121 Å². The number of carbonyl (C=O) groups excluding carboxylic acids is 1. The van der Waals surface area contributed by atoms with E-state index in [9.17, 15) is 4.79 Å². The second kappa shape index (κ2) is 7.39. The van der Waals surface area contributed by atoms with Crippen LogP contribution in [0.5, 0.6) is 0 Å². The van der Waals surface area contributed by atoms with Crippen molar-refractivity contribution in [2.75, 3.05) is 26.2 Å². The Balaban J connectivity index is 1.76. The number of hydrogen-bond acceptors (Lipinski definition) is 3. The molecule has 0 radical (unpaired) electrons. The van der Waals surface area contributed by atoms with Gasteiger partial charge in [0.2, 0.25) is 0 Å². The second-order valence-corrected chi connectivity index (χ2v) is 5.78. The Morgan fingerprint density at radius 1 is 1.30 bits per heavy atom. The monoisotopic (exact) mass is 275 g/mol. The van der Waals surface area contributed by atoms with Gasteiger partial charge in [0, 0.05) is 25.0 Å². The summed E-state index contributed by atoms with van der Waals surface area (Å²) >= 11 is 0. The van der Waals surface area contributed by atoms with Crippen molar-refractivity contribution in [3.8, 4) is 0 Å². The molecule has 1 aliphatic heterocycles. The number of hydrogen-bond donors (Lipinski definition) is 1. The van der Waals surface area contributed by atoms with Gasteiger partial charge in [-0.15, -0.1) is 0 Å². The zero-order chi connectivity index (χ0) is 14.4. The van der Waals surface area contributed by atoms with E-state index in [1.54, 1.807) is 6.20 Å². The number of likely N-dealkylation sites (tertiary alicyclic amines) is 1. The molecule has 1 aromatic rings. The molecule has 4 heteroatoms. The maximum atomic E-state index is 12.0. The van der Waals surface area contributed by atoms with Gasteiger partial charge in [-0.2, -0.15) is 0 Å². The Morgan fingerprint density at radius 2 is 2.05 bits per heavy atom. The molecule has 1 saturated heterocycles. The number of pyridine rings is 1. The molecule has 1 amide bonds. The molecule has 0 bridgehead atoms. The minimum atomic E-state index is -0.0233. The molecular weight excluding hydrogens is 250 g/mol. The summed E-state index contributed by atoms with van der Waals surface area (Å²) in [5.74, 6) is 0.371. The summed E-state index contributed by atoms with van der Waals surface area (Å²) in [5, 5.41) is 2.97. The maximum absolute atomic E-state index is 12.0. The highest BCUT2D eigenvalue weighted by atomic mass is 16.1. The molecule has 0 aliphatic carbocycles. The lowest BCUT2D eigenvalue weighted by Gasteiger charge is -2.26. The predicted octanol–water partition coefficient (Wildman–Crippen LogP) is 2.42. The van der Waals surface area contributed by atoms with Crippen molar-refractivity contribution >= 4 is 5.91 Å². The average molecular weight is 275 g/mol. The van der Waals surface area contributed by atoms with Crippen molar-refractivity contribution in [3.05, 3.63) is 29.6 Å². The smallest absolute Gasteiger partial charge is 0.252 e. The van der Waals surface area contributed by atoms with Gasteiger partial charge in [0.1, 0.15) is 0 Å². The Kier molecular flexibility index (Phi) is 5.53.